The molecule has 8 heteroatoms. The number of hydrogen-bond donors (Lipinski definition) is 1. The molecule has 0 bridgehead atoms. The molecule has 0 aliphatic heterocycles. The van der Waals surface area contributed by atoms with E-state index in [2.05, 4.69) is 36.7 Å². The monoisotopic (exact) mass is 362 g/mol. The van der Waals surface area contributed by atoms with Crippen LogP contribution < -0.4 is 5.32 Å². The Bertz CT molecular complexity index is 804. The normalized spacial score (nSPS) is 12.3. The van der Waals surface area contributed by atoms with Crippen LogP contribution in [0.5, 0.6) is 0 Å². The molecule has 0 radical (unpaired) electrons. The molecule has 126 valence electrons. The van der Waals surface area contributed by atoms with Gasteiger partial charge in [-0.1, -0.05) is 10.3 Å². The Balaban J connectivity index is 1.76. The lowest BCUT2D eigenvalue weighted by Gasteiger charge is -2.16. The van der Waals surface area contributed by atoms with Crippen molar-refractivity contribution in [1.29, 1.82) is 0 Å². The van der Waals surface area contributed by atoms with Crippen LogP contribution in [-0.4, -0.2) is 21.2 Å². The summed E-state index contributed by atoms with van der Waals surface area (Å²) >= 11 is 3.28. The summed E-state index contributed by atoms with van der Waals surface area (Å²) in [7, 11) is 0. The molecule has 3 aromatic rings. The molecule has 24 heavy (non-hydrogen) atoms. The van der Waals surface area contributed by atoms with Gasteiger partial charge < -0.3 is 5.32 Å². The van der Waals surface area contributed by atoms with Gasteiger partial charge in [-0.2, -0.15) is 11.3 Å². The minimum atomic E-state index is -0.148. The molecule has 0 spiro atoms. The second kappa shape index (κ2) is 7.23. The number of amides is 1. The van der Waals surface area contributed by atoms with Gasteiger partial charge in [-0.3, -0.25) is 4.79 Å². The minimum absolute atomic E-state index is 0.112. The molecule has 0 saturated carbocycles. The van der Waals surface area contributed by atoms with Crippen LogP contribution >= 0.6 is 22.7 Å². The molecular formula is C16H18N4O2S2. The quantitative estimate of drug-likeness (QED) is 0.728. The third-order valence-corrected chi connectivity index (χ3v) is 5.69. The van der Waals surface area contributed by atoms with Gasteiger partial charge in [-0.25, -0.2) is 9.61 Å². The zero-order valence-electron chi connectivity index (χ0n) is 13.7. The van der Waals surface area contributed by atoms with Gasteiger partial charge in [0.25, 0.3) is 0 Å². The van der Waals surface area contributed by atoms with Gasteiger partial charge in [0.2, 0.25) is 5.91 Å². The van der Waals surface area contributed by atoms with E-state index < -0.39 is 0 Å². The zero-order valence-corrected chi connectivity index (χ0v) is 15.3. The number of carbonyl (C=O) groups excluding carboxylic acids is 1. The number of hydrogen-bond acceptors (Lipinski definition) is 7. The highest BCUT2D eigenvalue weighted by Crippen LogP contribution is 2.26. The van der Waals surface area contributed by atoms with E-state index in [0.717, 1.165) is 17.1 Å². The molecule has 6 nitrogen and oxygen atoms in total. The molecule has 1 amide bonds. The van der Waals surface area contributed by atoms with Gasteiger partial charge in [-0.15, -0.1) is 11.3 Å². The second-order valence-corrected chi connectivity index (χ2v) is 7.64. The molecule has 3 heterocycles. The topological polar surface area (TPSA) is 80.9 Å². The van der Waals surface area contributed by atoms with Crippen LogP contribution in [0.15, 0.2) is 21.5 Å². The van der Waals surface area contributed by atoms with Gasteiger partial charge in [-0.05, 0) is 43.2 Å². The van der Waals surface area contributed by atoms with E-state index in [-0.39, 0.29) is 18.4 Å². The number of rotatable bonds is 6. The Morgan fingerprint density at radius 3 is 2.71 bits per heavy atom. The summed E-state index contributed by atoms with van der Waals surface area (Å²) in [6.07, 6.45) is 0.872. The van der Waals surface area contributed by atoms with Crippen LogP contribution in [0.3, 0.4) is 0 Å². The number of thiophene rings is 1. The highest BCUT2D eigenvalue weighted by Gasteiger charge is 2.21. The van der Waals surface area contributed by atoms with Crippen LogP contribution in [0.25, 0.3) is 0 Å². The first-order valence-corrected chi connectivity index (χ1v) is 9.31. The van der Waals surface area contributed by atoms with Crippen LogP contribution in [0, 0.1) is 20.8 Å². The van der Waals surface area contributed by atoms with Crippen molar-refractivity contribution in [2.75, 3.05) is 0 Å². The number of nitrogens with zero attached hydrogens (tertiary/aromatic N) is 3. The van der Waals surface area contributed by atoms with Crippen LogP contribution in [0.1, 0.15) is 38.6 Å². The minimum Gasteiger partial charge on any atom is -0.346 e. The van der Waals surface area contributed by atoms with E-state index in [4.69, 9.17) is 0 Å². The predicted molar refractivity (Wildman–Crippen MR) is 93.2 cm³/mol. The number of thiazole rings is 1. The van der Waals surface area contributed by atoms with E-state index in [1.54, 1.807) is 29.6 Å². The van der Waals surface area contributed by atoms with Crippen molar-refractivity contribution in [3.05, 3.63) is 49.4 Å². The van der Waals surface area contributed by atoms with E-state index in [1.165, 1.54) is 10.4 Å². The van der Waals surface area contributed by atoms with Crippen molar-refractivity contribution >= 4 is 28.6 Å². The fourth-order valence-electron chi connectivity index (χ4n) is 2.30. The van der Waals surface area contributed by atoms with E-state index in [1.807, 2.05) is 19.2 Å². The number of nitrogens with one attached hydrogen (secondary N) is 1. The molecular weight excluding hydrogens is 344 g/mol. The summed E-state index contributed by atoms with van der Waals surface area (Å²) in [6, 6.07) is 1.92. The van der Waals surface area contributed by atoms with Crippen molar-refractivity contribution in [3.8, 4) is 0 Å². The highest BCUT2D eigenvalue weighted by atomic mass is 32.1. The largest absolute Gasteiger partial charge is 0.346 e. The third-order valence-electron chi connectivity index (χ3n) is 3.77. The number of carbonyl (C=O) groups is 1. The second-order valence-electron chi connectivity index (χ2n) is 5.62. The third kappa shape index (κ3) is 3.88. The van der Waals surface area contributed by atoms with Crippen molar-refractivity contribution in [1.82, 2.24) is 20.6 Å². The van der Waals surface area contributed by atoms with Crippen LogP contribution in [-0.2, 0) is 17.6 Å². The summed E-state index contributed by atoms with van der Waals surface area (Å²) in [4.78, 5) is 18.2. The van der Waals surface area contributed by atoms with E-state index in [9.17, 15) is 4.79 Å². The summed E-state index contributed by atoms with van der Waals surface area (Å²) < 4.78 is 4.65. The maximum Gasteiger partial charge on any atom is 0.226 e. The highest BCUT2D eigenvalue weighted by molar-refractivity contribution is 7.11. The Kier molecular flexibility index (Phi) is 5.06. The molecule has 0 aliphatic carbocycles. The molecule has 3 aromatic heterocycles. The fraction of sp³-hybridized carbons (Fsp3) is 0.375. The molecule has 1 unspecified atom stereocenters. The molecule has 0 saturated heterocycles. The lowest BCUT2D eigenvalue weighted by atomic mass is 10.1. The Morgan fingerprint density at radius 2 is 2.12 bits per heavy atom. The first kappa shape index (κ1) is 16.8. The SMILES string of the molecule is Cc1nonc1CC(=O)NC(Cc1ccsc1)c1nc(C)c(C)s1. The standard InChI is InChI=1S/C16H18N4O2S2/c1-9-11(3)24-16(17-9)14(6-12-4-5-23-8-12)18-15(21)7-13-10(2)19-22-20-13/h4-5,8,14H,6-7H2,1-3H3,(H,18,21). The molecule has 1 atom stereocenters. The summed E-state index contributed by atoms with van der Waals surface area (Å²) in [5.41, 5.74) is 3.40. The van der Waals surface area contributed by atoms with Gasteiger partial charge in [0.1, 0.15) is 16.4 Å². The smallest absolute Gasteiger partial charge is 0.226 e. The molecule has 0 aliphatic rings. The average Bonchev–Trinajstić information content (AvgIpc) is 3.24. The Morgan fingerprint density at radius 1 is 1.29 bits per heavy atom. The lowest BCUT2D eigenvalue weighted by molar-refractivity contribution is -0.121. The van der Waals surface area contributed by atoms with Gasteiger partial charge >= 0.3 is 0 Å². The Labute approximate surface area is 147 Å². The number of aromatic nitrogens is 3. The molecule has 1 N–H and O–H groups in total. The lowest BCUT2D eigenvalue weighted by Crippen LogP contribution is -2.31. The van der Waals surface area contributed by atoms with E-state index >= 15 is 0 Å². The predicted octanol–water partition coefficient (Wildman–Crippen LogP) is 3.16. The first-order chi connectivity index (χ1) is 11.5. The molecule has 0 aromatic carbocycles. The zero-order chi connectivity index (χ0) is 17.1. The van der Waals surface area contributed by atoms with Crippen LogP contribution in [0.4, 0.5) is 0 Å². The summed E-state index contributed by atoms with van der Waals surface area (Å²) in [6.45, 7) is 5.81. The fourth-order valence-corrected chi connectivity index (χ4v) is 3.95. The van der Waals surface area contributed by atoms with E-state index in [0.29, 0.717) is 11.4 Å². The van der Waals surface area contributed by atoms with Crippen LogP contribution in [0.2, 0.25) is 0 Å². The Hall–Kier alpha value is -2.06. The molecule has 3 rings (SSSR count). The van der Waals surface area contributed by atoms with Crippen molar-refractivity contribution in [2.24, 2.45) is 0 Å². The molecule has 0 fully saturated rings. The maximum absolute atomic E-state index is 12.4. The van der Waals surface area contributed by atoms with Gasteiger partial charge in [0, 0.05) is 11.3 Å². The summed E-state index contributed by atoms with van der Waals surface area (Å²) in [5.74, 6) is -0.112. The number of aryl methyl sites for hydroxylation is 3. The van der Waals surface area contributed by atoms with Gasteiger partial charge in [0.15, 0.2) is 0 Å². The average molecular weight is 362 g/mol. The first-order valence-electron chi connectivity index (χ1n) is 7.55. The summed E-state index contributed by atoms with van der Waals surface area (Å²) in [5, 5.41) is 15.6. The van der Waals surface area contributed by atoms with Crippen molar-refractivity contribution in [2.45, 2.75) is 39.7 Å². The van der Waals surface area contributed by atoms with Crippen molar-refractivity contribution < 1.29 is 9.42 Å². The van der Waals surface area contributed by atoms with Gasteiger partial charge in [0.05, 0.1) is 18.2 Å². The maximum atomic E-state index is 12.4. The van der Waals surface area contributed by atoms with Crippen molar-refractivity contribution in [3.63, 3.8) is 0 Å².